The summed E-state index contributed by atoms with van der Waals surface area (Å²) in [6.07, 6.45) is 1.72. The number of benzene rings is 3. The maximum atomic E-state index is 9.69. The Hall–Kier alpha value is -2.61. The zero-order valence-corrected chi connectivity index (χ0v) is 11.0. The molecule has 0 aromatic heterocycles. The number of para-hydroxylation sites is 1. The topological polar surface area (TPSA) is 32.6 Å². The summed E-state index contributed by atoms with van der Waals surface area (Å²) in [5.41, 5.74) is 1.93. The first kappa shape index (κ1) is 12.4. The molecule has 0 unspecified atom stereocenters. The van der Waals surface area contributed by atoms with Crippen molar-refractivity contribution < 1.29 is 5.11 Å². The lowest BCUT2D eigenvalue weighted by Crippen LogP contribution is -1.87. The van der Waals surface area contributed by atoms with Crippen molar-refractivity contribution in [3.63, 3.8) is 0 Å². The number of hydrogen-bond acceptors (Lipinski definition) is 2. The highest BCUT2D eigenvalue weighted by Gasteiger charge is 1.99. The molecule has 0 bridgehead atoms. The molecule has 0 fully saturated rings. The van der Waals surface area contributed by atoms with Crippen LogP contribution in [0.15, 0.2) is 71.7 Å². The summed E-state index contributed by atoms with van der Waals surface area (Å²) in [5, 5.41) is 12.1. The van der Waals surface area contributed by atoms with Crippen molar-refractivity contribution in [2.75, 3.05) is 0 Å². The molecule has 0 aliphatic heterocycles. The minimum atomic E-state index is 0.258. The smallest absolute Gasteiger partial charge is 0.124 e. The van der Waals surface area contributed by atoms with Gasteiger partial charge in [-0.1, -0.05) is 54.6 Å². The van der Waals surface area contributed by atoms with Crippen LogP contribution >= 0.6 is 0 Å². The number of phenolic OH excluding ortho intramolecular Hbond substituents is 1. The first-order valence-corrected chi connectivity index (χ1v) is 6.59. The number of rotatable bonds is 3. The van der Waals surface area contributed by atoms with Crippen LogP contribution in [0.1, 0.15) is 11.1 Å². The number of phenols is 1. The molecule has 0 spiro atoms. The highest BCUT2D eigenvalue weighted by atomic mass is 16.3. The van der Waals surface area contributed by atoms with E-state index in [0.29, 0.717) is 6.54 Å². The van der Waals surface area contributed by atoms with E-state index < -0.39 is 0 Å². The summed E-state index contributed by atoms with van der Waals surface area (Å²) in [6, 6.07) is 21.7. The third-order valence-corrected chi connectivity index (χ3v) is 3.31. The Morgan fingerprint density at radius 3 is 2.50 bits per heavy atom. The lowest BCUT2D eigenvalue weighted by molar-refractivity contribution is 0.474. The van der Waals surface area contributed by atoms with E-state index in [2.05, 4.69) is 29.3 Å². The molecule has 0 aliphatic carbocycles. The largest absolute Gasteiger partial charge is 0.507 e. The van der Waals surface area contributed by atoms with Gasteiger partial charge in [0.2, 0.25) is 0 Å². The number of hydrogen-bond donors (Lipinski definition) is 1. The van der Waals surface area contributed by atoms with Crippen molar-refractivity contribution in [2.45, 2.75) is 6.54 Å². The molecule has 3 rings (SSSR count). The normalized spacial score (nSPS) is 11.2. The Morgan fingerprint density at radius 2 is 1.60 bits per heavy atom. The molecule has 2 heteroatoms. The van der Waals surface area contributed by atoms with Crippen molar-refractivity contribution in [3.05, 3.63) is 77.9 Å². The molecule has 0 atom stereocenters. The van der Waals surface area contributed by atoms with Gasteiger partial charge >= 0.3 is 0 Å². The standard InChI is InChI=1S/C18H15NO/c20-18-11-4-2-7-16(18)13-19-12-15-9-5-8-14-6-1-3-10-17(14)15/h1-11,13,20H,12H2. The second kappa shape index (κ2) is 5.57. The number of aromatic hydroxyl groups is 1. The van der Waals surface area contributed by atoms with Gasteiger partial charge in [-0.2, -0.15) is 0 Å². The fourth-order valence-corrected chi connectivity index (χ4v) is 2.27. The molecule has 0 aliphatic rings. The second-order valence-corrected chi connectivity index (χ2v) is 4.67. The van der Waals surface area contributed by atoms with E-state index in [1.807, 2.05) is 30.3 Å². The van der Waals surface area contributed by atoms with E-state index in [9.17, 15) is 5.11 Å². The number of aliphatic imine (C=N–C) groups is 1. The molecule has 2 nitrogen and oxygen atoms in total. The summed E-state index contributed by atoms with van der Waals surface area (Å²) in [6.45, 7) is 0.607. The maximum absolute atomic E-state index is 9.69. The minimum Gasteiger partial charge on any atom is -0.507 e. The number of fused-ring (bicyclic) bond motifs is 1. The van der Waals surface area contributed by atoms with Gasteiger partial charge in [-0.25, -0.2) is 0 Å². The van der Waals surface area contributed by atoms with Crippen molar-refractivity contribution in [2.24, 2.45) is 4.99 Å². The molecule has 3 aromatic rings. The summed E-state index contributed by atoms with van der Waals surface area (Å²) in [4.78, 5) is 4.44. The highest BCUT2D eigenvalue weighted by molar-refractivity contribution is 5.86. The molecule has 3 aromatic carbocycles. The lowest BCUT2D eigenvalue weighted by Gasteiger charge is -2.03. The van der Waals surface area contributed by atoms with Gasteiger partial charge in [-0.05, 0) is 28.5 Å². The van der Waals surface area contributed by atoms with Crippen molar-refractivity contribution in [1.29, 1.82) is 0 Å². The van der Waals surface area contributed by atoms with Crippen LogP contribution in [0.2, 0.25) is 0 Å². The molecule has 0 radical (unpaired) electrons. The van der Waals surface area contributed by atoms with E-state index >= 15 is 0 Å². The van der Waals surface area contributed by atoms with Crippen molar-refractivity contribution in [3.8, 4) is 5.75 Å². The van der Waals surface area contributed by atoms with Crippen LogP contribution in [-0.2, 0) is 6.54 Å². The Labute approximate surface area is 118 Å². The quantitative estimate of drug-likeness (QED) is 0.705. The van der Waals surface area contributed by atoms with Crippen LogP contribution < -0.4 is 0 Å². The average molecular weight is 261 g/mol. The van der Waals surface area contributed by atoms with Gasteiger partial charge in [0.25, 0.3) is 0 Å². The third kappa shape index (κ3) is 2.54. The molecular weight excluding hydrogens is 246 g/mol. The summed E-state index contributed by atoms with van der Waals surface area (Å²) >= 11 is 0. The molecule has 0 heterocycles. The zero-order valence-electron chi connectivity index (χ0n) is 11.0. The average Bonchev–Trinajstić information content (AvgIpc) is 2.49. The maximum Gasteiger partial charge on any atom is 0.124 e. The Kier molecular flexibility index (Phi) is 3.46. The van der Waals surface area contributed by atoms with Crippen LogP contribution in [0.25, 0.3) is 10.8 Å². The van der Waals surface area contributed by atoms with Gasteiger partial charge in [0.15, 0.2) is 0 Å². The van der Waals surface area contributed by atoms with Crippen LogP contribution in [0.4, 0.5) is 0 Å². The second-order valence-electron chi connectivity index (χ2n) is 4.67. The molecule has 0 saturated heterocycles. The fourth-order valence-electron chi connectivity index (χ4n) is 2.27. The van der Waals surface area contributed by atoms with Crippen LogP contribution in [0, 0.1) is 0 Å². The number of nitrogens with zero attached hydrogens (tertiary/aromatic N) is 1. The molecule has 20 heavy (non-hydrogen) atoms. The first-order valence-electron chi connectivity index (χ1n) is 6.59. The third-order valence-electron chi connectivity index (χ3n) is 3.31. The van der Waals surface area contributed by atoms with Gasteiger partial charge in [0, 0.05) is 11.8 Å². The van der Waals surface area contributed by atoms with Gasteiger partial charge < -0.3 is 5.11 Å². The summed E-state index contributed by atoms with van der Waals surface area (Å²) in [7, 11) is 0. The van der Waals surface area contributed by atoms with Gasteiger partial charge in [-0.3, -0.25) is 4.99 Å². The highest BCUT2D eigenvalue weighted by Crippen LogP contribution is 2.19. The van der Waals surface area contributed by atoms with Crippen molar-refractivity contribution >= 4 is 17.0 Å². The van der Waals surface area contributed by atoms with Crippen LogP contribution in [-0.4, -0.2) is 11.3 Å². The molecule has 0 amide bonds. The fraction of sp³-hybridized carbons (Fsp3) is 0.0556. The SMILES string of the molecule is Oc1ccccc1C=NCc1cccc2ccccc12. The molecule has 0 saturated carbocycles. The van der Waals surface area contributed by atoms with Gasteiger partial charge in [-0.15, -0.1) is 0 Å². The van der Waals surface area contributed by atoms with E-state index in [1.54, 1.807) is 18.3 Å². The van der Waals surface area contributed by atoms with Crippen molar-refractivity contribution in [1.82, 2.24) is 0 Å². The molecular formula is C18H15NO. The monoisotopic (exact) mass is 261 g/mol. The summed E-state index contributed by atoms with van der Waals surface area (Å²) in [5.74, 6) is 0.258. The lowest BCUT2D eigenvalue weighted by atomic mass is 10.0. The summed E-state index contributed by atoms with van der Waals surface area (Å²) < 4.78 is 0. The molecule has 98 valence electrons. The van der Waals surface area contributed by atoms with Gasteiger partial charge in [0.1, 0.15) is 5.75 Å². The van der Waals surface area contributed by atoms with E-state index in [-0.39, 0.29) is 5.75 Å². The Morgan fingerprint density at radius 1 is 0.850 bits per heavy atom. The van der Waals surface area contributed by atoms with E-state index in [4.69, 9.17) is 0 Å². The van der Waals surface area contributed by atoms with Gasteiger partial charge in [0.05, 0.1) is 6.54 Å². The Bertz CT molecular complexity index is 757. The predicted molar refractivity (Wildman–Crippen MR) is 83.4 cm³/mol. The first-order chi connectivity index (χ1) is 9.84. The molecule has 1 N–H and O–H groups in total. The minimum absolute atomic E-state index is 0.258. The zero-order chi connectivity index (χ0) is 13.8. The van der Waals surface area contributed by atoms with E-state index in [1.165, 1.54) is 16.3 Å². The Balaban J connectivity index is 1.86. The van der Waals surface area contributed by atoms with Crippen LogP contribution in [0.3, 0.4) is 0 Å². The van der Waals surface area contributed by atoms with Crippen LogP contribution in [0.5, 0.6) is 5.75 Å². The predicted octanol–water partition coefficient (Wildman–Crippen LogP) is 4.16. The van der Waals surface area contributed by atoms with E-state index in [0.717, 1.165) is 5.56 Å².